The first-order valence-electron chi connectivity index (χ1n) is 11.3. The van der Waals surface area contributed by atoms with E-state index in [2.05, 4.69) is 6.07 Å². The minimum Gasteiger partial charge on any atom is -0.493 e. The largest absolute Gasteiger partial charge is 0.493 e. The summed E-state index contributed by atoms with van der Waals surface area (Å²) in [6.45, 7) is 9.53. The van der Waals surface area contributed by atoms with E-state index in [4.69, 9.17) is 4.74 Å². The van der Waals surface area contributed by atoms with Crippen molar-refractivity contribution in [1.82, 2.24) is 9.21 Å². The summed E-state index contributed by atoms with van der Waals surface area (Å²) in [5.41, 5.74) is 1.67. The molecule has 1 aliphatic heterocycles. The number of ether oxygens (including phenoxy) is 1. The Morgan fingerprint density at radius 2 is 1.67 bits per heavy atom. The molecule has 6 nitrogen and oxygen atoms in total. The number of hydrogen-bond acceptors (Lipinski definition) is 4. The number of piperazine rings is 1. The molecule has 0 spiro atoms. The van der Waals surface area contributed by atoms with Crippen molar-refractivity contribution in [2.24, 2.45) is 5.41 Å². The van der Waals surface area contributed by atoms with Crippen LogP contribution in [0.2, 0.25) is 0 Å². The van der Waals surface area contributed by atoms with Crippen LogP contribution in [0, 0.1) is 25.1 Å². The third kappa shape index (κ3) is 6.12. The Kier molecular flexibility index (Phi) is 7.80. The lowest BCUT2D eigenvalue weighted by Gasteiger charge is -2.38. The normalized spacial score (nSPS) is 15.5. The Bertz CT molecular complexity index is 1080. The fourth-order valence-corrected chi connectivity index (χ4v) is 5.40. The number of carbonyl (C=O) groups is 1. The van der Waals surface area contributed by atoms with Gasteiger partial charge in [-0.2, -0.15) is 4.31 Å². The minimum absolute atomic E-state index is 0.0214. The molecule has 0 saturated carbocycles. The van der Waals surface area contributed by atoms with Gasteiger partial charge in [0.05, 0.1) is 11.5 Å². The molecule has 0 radical (unpaired) electrons. The second-order valence-corrected chi connectivity index (χ2v) is 11.2. The summed E-state index contributed by atoms with van der Waals surface area (Å²) in [5, 5.41) is 0. The molecule has 1 aliphatic rings. The molecule has 0 aromatic heterocycles. The number of nitrogens with zero attached hydrogens (tertiary/aromatic N) is 2. The Morgan fingerprint density at radius 1 is 1.03 bits per heavy atom. The molecule has 0 bridgehead atoms. The molecule has 180 valence electrons. The lowest BCUT2D eigenvalue weighted by atomic mass is 9.86. The number of aryl methyl sites for hydroxylation is 2. The highest BCUT2D eigenvalue weighted by atomic mass is 32.2. The van der Waals surface area contributed by atoms with Crippen molar-refractivity contribution in [2.45, 2.75) is 45.4 Å². The summed E-state index contributed by atoms with van der Waals surface area (Å²) in [6, 6.07) is 10.9. The van der Waals surface area contributed by atoms with Crippen molar-refractivity contribution in [3.8, 4) is 5.75 Å². The van der Waals surface area contributed by atoms with Gasteiger partial charge in [-0.15, -0.1) is 0 Å². The zero-order valence-electron chi connectivity index (χ0n) is 19.8. The molecule has 1 amide bonds. The summed E-state index contributed by atoms with van der Waals surface area (Å²) >= 11 is 0. The fourth-order valence-electron chi connectivity index (χ4n) is 3.98. The highest BCUT2D eigenvalue weighted by Gasteiger charge is 2.35. The molecule has 0 unspecified atom stereocenters. The van der Waals surface area contributed by atoms with Crippen LogP contribution in [0.15, 0.2) is 47.4 Å². The second-order valence-electron chi connectivity index (χ2n) is 9.26. The molecular weight excluding hydrogens is 443 g/mol. The van der Waals surface area contributed by atoms with Crippen molar-refractivity contribution in [1.29, 1.82) is 0 Å². The fraction of sp³-hybridized carbons (Fsp3) is 0.480. The molecule has 3 rings (SSSR count). The van der Waals surface area contributed by atoms with Crippen molar-refractivity contribution in [3.63, 3.8) is 0 Å². The van der Waals surface area contributed by atoms with Gasteiger partial charge in [-0.3, -0.25) is 4.79 Å². The van der Waals surface area contributed by atoms with Gasteiger partial charge >= 0.3 is 0 Å². The summed E-state index contributed by atoms with van der Waals surface area (Å²) in [4.78, 5) is 14.9. The quantitative estimate of drug-likeness (QED) is 0.537. The van der Waals surface area contributed by atoms with Gasteiger partial charge in [-0.25, -0.2) is 12.8 Å². The molecule has 2 aromatic rings. The molecule has 33 heavy (non-hydrogen) atoms. The molecule has 1 saturated heterocycles. The van der Waals surface area contributed by atoms with Crippen LogP contribution in [0.25, 0.3) is 0 Å². The number of halogens is 1. The smallest absolute Gasteiger partial charge is 0.243 e. The summed E-state index contributed by atoms with van der Waals surface area (Å²) < 4.78 is 46.0. The highest BCUT2D eigenvalue weighted by Crippen LogP contribution is 2.28. The Hall–Kier alpha value is -2.45. The molecule has 1 fully saturated rings. The first kappa shape index (κ1) is 25.2. The van der Waals surface area contributed by atoms with Crippen LogP contribution >= 0.6 is 0 Å². The summed E-state index contributed by atoms with van der Waals surface area (Å²) in [7, 11) is -3.70. The minimum atomic E-state index is -3.70. The molecule has 0 N–H and O–H groups in total. The average molecular weight is 477 g/mol. The Labute approximate surface area is 196 Å². The number of rotatable bonds is 8. The van der Waals surface area contributed by atoms with Crippen LogP contribution < -0.4 is 4.74 Å². The van der Waals surface area contributed by atoms with Gasteiger partial charge in [0.2, 0.25) is 15.9 Å². The van der Waals surface area contributed by atoms with Crippen LogP contribution in [-0.2, 0) is 14.8 Å². The predicted molar refractivity (Wildman–Crippen MR) is 126 cm³/mol. The third-order valence-electron chi connectivity index (χ3n) is 6.10. The van der Waals surface area contributed by atoms with Gasteiger partial charge in [-0.1, -0.05) is 26.0 Å². The number of hydrogen-bond donors (Lipinski definition) is 0. The topological polar surface area (TPSA) is 66.9 Å². The number of sulfonamides is 1. The molecule has 0 atom stereocenters. The van der Waals surface area contributed by atoms with E-state index in [0.29, 0.717) is 26.1 Å². The third-order valence-corrected chi connectivity index (χ3v) is 8.02. The van der Waals surface area contributed by atoms with Gasteiger partial charge in [-0.05, 0) is 68.1 Å². The lowest BCUT2D eigenvalue weighted by molar-refractivity contribution is -0.142. The average Bonchev–Trinajstić information content (AvgIpc) is 2.78. The van der Waals surface area contributed by atoms with Crippen LogP contribution in [0.5, 0.6) is 5.75 Å². The molecule has 8 heteroatoms. The van der Waals surface area contributed by atoms with Gasteiger partial charge in [0.25, 0.3) is 0 Å². The van der Waals surface area contributed by atoms with Crippen molar-refractivity contribution in [3.05, 3.63) is 59.4 Å². The zero-order chi connectivity index (χ0) is 24.2. The summed E-state index contributed by atoms with van der Waals surface area (Å²) in [6.07, 6.45) is 1.41. The molecular formula is C25H33FN2O4S. The maximum absolute atomic E-state index is 13.1. The zero-order valence-corrected chi connectivity index (χ0v) is 20.6. The molecule has 2 aromatic carbocycles. The van der Waals surface area contributed by atoms with E-state index in [1.807, 2.05) is 39.8 Å². The van der Waals surface area contributed by atoms with Crippen molar-refractivity contribution < 1.29 is 22.3 Å². The van der Waals surface area contributed by atoms with Gasteiger partial charge in [0.1, 0.15) is 11.6 Å². The van der Waals surface area contributed by atoms with E-state index in [0.717, 1.165) is 35.4 Å². The number of amides is 1. The lowest BCUT2D eigenvalue weighted by Crippen LogP contribution is -2.53. The Morgan fingerprint density at radius 3 is 2.30 bits per heavy atom. The van der Waals surface area contributed by atoms with E-state index in [-0.39, 0.29) is 23.9 Å². The SMILES string of the molecule is Cc1ccc(C)c(OCCCC(C)(C)C(=O)N2CCN(S(=O)(=O)c3ccc(F)cc3)CC2)c1. The van der Waals surface area contributed by atoms with Crippen LogP contribution in [0.4, 0.5) is 4.39 Å². The predicted octanol–water partition coefficient (Wildman–Crippen LogP) is 4.16. The maximum atomic E-state index is 13.1. The van der Waals surface area contributed by atoms with E-state index in [1.165, 1.54) is 16.4 Å². The number of carbonyl (C=O) groups excluding carboxylic acids is 1. The first-order valence-corrected chi connectivity index (χ1v) is 12.7. The first-order chi connectivity index (χ1) is 15.5. The van der Waals surface area contributed by atoms with E-state index in [1.54, 1.807) is 4.90 Å². The van der Waals surface area contributed by atoms with Crippen LogP contribution in [0.1, 0.15) is 37.8 Å². The van der Waals surface area contributed by atoms with E-state index in [9.17, 15) is 17.6 Å². The standard InChI is InChI=1S/C25H33FN2O4S/c1-19-6-7-20(2)23(18-19)32-17-5-12-25(3,4)24(29)27-13-15-28(16-14-27)33(30,31)22-10-8-21(26)9-11-22/h6-11,18H,5,12-17H2,1-4H3. The monoisotopic (exact) mass is 476 g/mol. The van der Waals surface area contributed by atoms with Gasteiger partial charge in [0.15, 0.2) is 0 Å². The van der Waals surface area contributed by atoms with Gasteiger partial charge < -0.3 is 9.64 Å². The van der Waals surface area contributed by atoms with E-state index < -0.39 is 21.3 Å². The van der Waals surface area contributed by atoms with Crippen molar-refractivity contribution >= 4 is 15.9 Å². The maximum Gasteiger partial charge on any atom is 0.243 e. The second kappa shape index (κ2) is 10.2. The van der Waals surface area contributed by atoms with Gasteiger partial charge in [0, 0.05) is 31.6 Å². The number of benzene rings is 2. The van der Waals surface area contributed by atoms with Crippen LogP contribution in [0.3, 0.4) is 0 Å². The summed E-state index contributed by atoms with van der Waals surface area (Å²) in [5.74, 6) is 0.414. The van der Waals surface area contributed by atoms with Crippen LogP contribution in [-0.4, -0.2) is 56.3 Å². The highest BCUT2D eigenvalue weighted by molar-refractivity contribution is 7.89. The van der Waals surface area contributed by atoms with Crippen molar-refractivity contribution in [2.75, 3.05) is 32.8 Å². The molecule has 1 heterocycles. The van der Waals surface area contributed by atoms with E-state index >= 15 is 0 Å². The Balaban J connectivity index is 1.50. The molecule has 0 aliphatic carbocycles.